The van der Waals surface area contributed by atoms with Crippen molar-refractivity contribution in [3.05, 3.63) is 29.8 Å². The lowest BCUT2D eigenvalue weighted by Crippen LogP contribution is -2.53. The van der Waals surface area contributed by atoms with Crippen LogP contribution in [0.25, 0.3) is 0 Å². The Balaban J connectivity index is 2.21. The van der Waals surface area contributed by atoms with Gasteiger partial charge >= 0.3 is 12.2 Å². The second-order valence-corrected chi connectivity index (χ2v) is 7.15. The van der Waals surface area contributed by atoms with E-state index in [-0.39, 0.29) is 19.7 Å². The van der Waals surface area contributed by atoms with Crippen molar-refractivity contribution in [2.75, 3.05) is 26.3 Å². The summed E-state index contributed by atoms with van der Waals surface area (Å²) in [5, 5.41) is 11.3. The third kappa shape index (κ3) is 6.39. The number of amidine groups is 1. The fourth-order valence-corrected chi connectivity index (χ4v) is 2.55. The largest absolute Gasteiger partial charge is 0.491 e. The maximum absolute atomic E-state index is 12.7. The summed E-state index contributed by atoms with van der Waals surface area (Å²) in [5.74, 6) is 5.98. The van der Waals surface area contributed by atoms with Gasteiger partial charge in [0, 0.05) is 5.56 Å². The first kappa shape index (κ1) is 21.5. The van der Waals surface area contributed by atoms with Gasteiger partial charge in [0.15, 0.2) is 0 Å². The molecule has 0 aromatic heterocycles. The van der Waals surface area contributed by atoms with Gasteiger partial charge in [-0.2, -0.15) is 0 Å². The summed E-state index contributed by atoms with van der Waals surface area (Å²) in [4.78, 5) is 33.8. The zero-order valence-electron chi connectivity index (χ0n) is 16.2. The molecule has 0 saturated carbocycles. The Labute approximate surface area is 163 Å². The monoisotopic (exact) mass is 394 g/mol. The molecule has 154 valence electrons. The Morgan fingerprint density at radius 3 is 2.54 bits per heavy atom. The number of amides is 2. The van der Waals surface area contributed by atoms with Crippen LogP contribution in [-0.4, -0.2) is 66.0 Å². The Morgan fingerprint density at radius 2 is 1.96 bits per heavy atom. The lowest BCUT2D eigenvalue weighted by molar-refractivity contribution is 0.0350. The molecule has 1 atom stereocenters. The second kappa shape index (κ2) is 9.38. The molecule has 10 nitrogen and oxygen atoms in total. The van der Waals surface area contributed by atoms with Crippen LogP contribution in [0.4, 0.5) is 9.59 Å². The van der Waals surface area contributed by atoms with Crippen molar-refractivity contribution in [3.8, 4) is 5.75 Å². The first-order valence-electron chi connectivity index (χ1n) is 8.79. The second-order valence-electron chi connectivity index (χ2n) is 7.15. The molecule has 0 aliphatic carbocycles. The van der Waals surface area contributed by atoms with Crippen LogP contribution in [0.1, 0.15) is 26.3 Å². The number of hydrogen-bond acceptors (Lipinski definition) is 7. The first-order valence-corrected chi connectivity index (χ1v) is 8.79. The predicted molar refractivity (Wildman–Crippen MR) is 101 cm³/mol. The van der Waals surface area contributed by atoms with Crippen molar-refractivity contribution in [3.63, 3.8) is 0 Å². The minimum absolute atomic E-state index is 0.117. The topological polar surface area (TPSA) is 136 Å². The highest BCUT2D eigenvalue weighted by Crippen LogP contribution is 2.19. The SMILES string of the molecule is CC(C)(C)OC(=O)N1CC(NC(=O)O)CN=C1c1ccc(OCCON)cc1. The highest BCUT2D eigenvalue weighted by atomic mass is 16.6. The van der Waals surface area contributed by atoms with Crippen LogP contribution in [0.3, 0.4) is 0 Å². The van der Waals surface area contributed by atoms with Gasteiger partial charge < -0.3 is 24.7 Å². The molecular formula is C18H26N4O6. The molecule has 0 saturated heterocycles. The zero-order chi connectivity index (χ0) is 20.7. The molecule has 0 radical (unpaired) electrons. The van der Waals surface area contributed by atoms with Gasteiger partial charge in [0.2, 0.25) is 0 Å². The molecule has 1 aromatic carbocycles. The smallest absolute Gasteiger partial charge is 0.416 e. The number of aliphatic imine (C=N–C) groups is 1. The number of nitrogens with one attached hydrogen (secondary N) is 1. The van der Waals surface area contributed by atoms with Crippen molar-refractivity contribution in [1.82, 2.24) is 10.2 Å². The molecule has 0 bridgehead atoms. The van der Waals surface area contributed by atoms with E-state index in [2.05, 4.69) is 15.1 Å². The van der Waals surface area contributed by atoms with Crippen molar-refractivity contribution in [1.29, 1.82) is 0 Å². The van der Waals surface area contributed by atoms with Crippen LogP contribution < -0.4 is 16.0 Å². The standard InChI is InChI=1S/C18H26N4O6/c1-18(2,3)28-17(25)22-11-13(21-16(23)24)10-20-15(22)12-4-6-14(7-5-12)26-8-9-27-19/h4-7,13,21H,8-11,19H2,1-3H3,(H,23,24). The first-order chi connectivity index (χ1) is 13.2. The van der Waals surface area contributed by atoms with E-state index in [1.54, 1.807) is 45.0 Å². The van der Waals surface area contributed by atoms with Crippen molar-refractivity contribution in [2.45, 2.75) is 32.4 Å². The van der Waals surface area contributed by atoms with E-state index in [0.717, 1.165) is 0 Å². The third-order valence-corrected chi connectivity index (χ3v) is 3.64. The molecule has 1 aliphatic heterocycles. The van der Waals surface area contributed by atoms with Crippen LogP contribution in [0.5, 0.6) is 5.75 Å². The zero-order valence-corrected chi connectivity index (χ0v) is 16.2. The summed E-state index contributed by atoms with van der Waals surface area (Å²) in [6, 6.07) is 6.49. The lowest BCUT2D eigenvalue weighted by Gasteiger charge is -2.33. The molecule has 2 rings (SSSR count). The van der Waals surface area contributed by atoms with Crippen LogP contribution in [0.2, 0.25) is 0 Å². The average molecular weight is 394 g/mol. The minimum atomic E-state index is -1.17. The fourth-order valence-electron chi connectivity index (χ4n) is 2.55. The van der Waals surface area contributed by atoms with E-state index in [1.807, 2.05) is 0 Å². The van der Waals surface area contributed by atoms with Crippen LogP contribution >= 0.6 is 0 Å². The maximum atomic E-state index is 12.7. The van der Waals surface area contributed by atoms with Crippen LogP contribution in [0, 0.1) is 0 Å². The summed E-state index contributed by atoms with van der Waals surface area (Å²) in [6.45, 7) is 6.18. The highest BCUT2D eigenvalue weighted by molar-refractivity contribution is 6.07. The molecule has 0 spiro atoms. The van der Waals surface area contributed by atoms with Gasteiger partial charge in [0.05, 0.1) is 19.1 Å². The summed E-state index contributed by atoms with van der Waals surface area (Å²) in [5.41, 5.74) is -0.0138. The number of carbonyl (C=O) groups is 2. The molecule has 1 heterocycles. The number of hydrogen-bond donors (Lipinski definition) is 3. The quantitative estimate of drug-likeness (QED) is 0.492. The lowest BCUT2D eigenvalue weighted by atomic mass is 10.1. The molecule has 28 heavy (non-hydrogen) atoms. The fraction of sp³-hybridized carbons (Fsp3) is 0.500. The molecule has 1 aliphatic rings. The summed E-state index contributed by atoms with van der Waals surface area (Å²) < 4.78 is 10.9. The van der Waals surface area contributed by atoms with Crippen LogP contribution in [0.15, 0.2) is 29.3 Å². The van der Waals surface area contributed by atoms with Gasteiger partial charge in [-0.15, -0.1) is 0 Å². The maximum Gasteiger partial charge on any atom is 0.416 e. The molecule has 0 fully saturated rings. The highest BCUT2D eigenvalue weighted by Gasteiger charge is 2.32. The number of carbonyl (C=O) groups excluding carboxylic acids is 1. The predicted octanol–water partition coefficient (Wildman–Crippen LogP) is 1.59. The van der Waals surface area contributed by atoms with Gasteiger partial charge in [-0.1, -0.05) is 0 Å². The van der Waals surface area contributed by atoms with E-state index < -0.39 is 23.8 Å². The Hall–Kier alpha value is -2.85. The summed E-state index contributed by atoms with van der Waals surface area (Å²) >= 11 is 0. The van der Waals surface area contributed by atoms with Crippen LogP contribution in [-0.2, 0) is 9.57 Å². The Morgan fingerprint density at radius 1 is 1.29 bits per heavy atom. The number of benzene rings is 1. The number of rotatable bonds is 6. The van der Waals surface area contributed by atoms with Crippen molar-refractivity contribution in [2.24, 2.45) is 10.9 Å². The average Bonchev–Trinajstić information content (AvgIpc) is 2.61. The van der Waals surface area contributed by atoms with Crippen molar-refractivity contribution >= 4 is 18.0 Å². The summed E-state index contributed by atoms with van der Waals surface area (Å²) in [6.07, 6.45) is -1.76. The molecule has 10 heteroatoms. The van der Waals surface area contributed by atoms with Gasteiger partial charge in [-0.25, -0.2) is 15.5 Å². The number of nitrogens with zero attached hydrogens (tertiary/aromatic N) is 2. The molecule has 1 aromatic rings. The Bertz CT molecular complexity index is 714. The summed E-state index contributed by atoms with van der Waals surface area (Å²) in [7, 11) is 0. The van der Waals surface area contributed by atoms with Crippen molar-refractivity contribution < 1.29 is 29.0 Å². The molecular weight excluding hydrogens is 368 g/mol. The molecule has 1 unspecified atom stereocenters. The van der Waals surface area contributed by atoms with Gasteiger partial charge in [0.1, 0.15) is 30.4 Å². The third-order valence-electron chi connectivity index (χ3n) is 3.64. The van der Waals surface area contributed by atoms with E-state index in [0.29, 0.717) is 23.8 Å². The Kier molecular flexibility index (Phi) is 7.18. The van der Waals surface area contributed by atoms with E-state index in [4.69, 9.17) is 20.5 Å². The number of ether oxygens (including phenoxy) is 2. The van der Waals surface area contributed by atoms with Gasteiger partial charge in [-0.3, -0.25) is 9.89 Å². The van der Waals surface area contributed by atoms with E-state index in [1.165, 1.54) is 4.90 Å². The number of nitrogens with two attached hydrogens (primary N) is 1. The molecule has 4 N–H and O–H groups in total. The van der Waals surface area contributed by atoms with Gasteiger partial charge in [-0.05, 0) is 45.0 Å². The number of carboxylic acid groups (broad SMARTS) is 1. The normalized spacial score (nSPS) is 16.9. The van der Waals surface area contributed by atoms with E-state index >= 15 is 0 Å². The molecule has 2 amide bonds. The van der Waals surface area contributed by atoms with E-state index in [9.17, 15) is 9.59 Å². The van der Waals surface area contributed by atoms with Gasteiger partial charge in [0.25, 0.3) is 0 Å². The minimum Gasteiger partial charge on any atom is -0.491 e.